The number of ether oxygens (including phenoxy) is 1. The molecule has 0 spiro atoms. The van der Waals surface area contributed by atoms with Crippen molar-refractivity contribution in [3.63, 3.8) is 0 Å². The fourth-order valence-electron chi connectivity index (χ4n) is 1.53. The fraction of sp³-hybridized carbons (Fsp3) is 0.533. The number of aliphatic hydroxyl groups excluding tert-OH is 2. The molecule has 1 rings (SSSR count). The van der Waals surface area contributed by atoms with Crippen molar-refractivity contribution in [3.8, 4) is 11.8 Å². The maximum absolute atomic E-state index is 9.84. The second kappa shape index (κ2) is 7.85. The Labute approximate surface area is 119 Å². The lowest BCUT2D eigenvalue weighted by atomic mass is 10.0. The van der Waals surface area contributed by atoms with Gasteiger partial charge in [-0.3, -0.25) is 0 Å². The number of rotatable bonds is 8. The first kappa shape index (κ1) is 16.4. The molecule has 0 amide bonds. The Morgan fingerprint density at radius 1 is 1.40 bits per heavy atom. The van der Waals surface area contributed by atoms with Crippen molar-refractivity contribution in [2.45, 2.75) is 31.9 Å². The van der Waals surface area contributed by atoms with Gasteiger partial charge in [-0.1, -0.05) is 6.92 Å². The molecule has 1 aromatic rings. The molecule has 0 saturated heterocycles. The van der Waals surface area contributed by atoms with Crippen molar-refractivity contribution in [2.24, 2.45) is 0 Å². The normalized spacial score (nSPS) is 15.2. The van der Waals surface area contributed by atoms with Gasteiger partial charge in [0.05, 0.1) is 18.2 Å². The number of nitriles is 1. The molecule has 0 bridgehead atoms. The number of hydrogen-bond acceptors (Lipinski definition) is 5. The van der Waals surface area contributed by atoms with E-state index in [1.54, 1.807) is 24.3 Å². The lowest BCUT2D eigenvalue weighted by molar-refractivity contribution is 0.0866. The highest BCUT2D eigenvalue weighted by atomic mass is 16.5. The van der Waals surface area contributed by atoms with E-state index in [1.807, 2.05) is 19.9 Å². The summed E-state index contributed by atoms with van der Waals surface area (Å²) in [7, 11) is 0. The molecule has 5 heteroatoms. The van der Waals surface area contributed by atoms with Crippen molar-refractivity contribution in [3.05, 3.63) is 29.8 Å². The number of aliphatic hydroxyl groups is 2. The van der Waals surface area contributed by atoms with Crippen LogP contribution in [0.25, 0.3) is 0 Å². The summed E-state index contributed by atoms with van der Waals surface area (Å²) in [6.45, 7) is 4.40. The van der Waals surface area contributed by atoms with E-state index in [2.05, 4.69) is 5.32 Å². The Balaban J connectivity index is 2.36. The van der Waals surface area contributed by atoms with Gasteiger partial charge in [0.15, 0.2) is 0 Å². The second-order valence-corrected chi connectivity index (χ2v) is 5.05. The van der Waals surface area contributed by atoms with Crippen LogP contribution < -0.4 is 10.1 Å². The van der Waals surface area contributed by atoms with E-state index in [-0.39, 0.29) is 18.8 Å². The van der Waals surface area contributed by atoms with Gasteiger partial charge in [-0.2, -0.15) is 5.26 Å². The Morgan fingerprint density at radius 2 is 2.05 bits per heavy atom. The molecular formula is C15H22N2O3. The molecule has 0 aliphatic carbocycles. The van der Waals surface area contributed by atoms with Crippen molar-refractivity contribution >= 4 is 0 Å². The smallest absolute Gasteiger partial charge is 0.119 e. The Morgan fingerprint density at radius 3 is 2.55 bits per heavy atom. The average molecular weight is 278 g/mol. The topological polar surface area (TPSA) is 85.5 Å². The van der Waals surface area contributed by atoms with E-state index in [0.717, 1.165) is 6.42 Å². The first-order chi connectivity index (χ1) is 9.53. The maximum Gasteiger partial charge on any atom is 0.119 e. The van der Waals surface area contributed by atoms with Crippen LogP contribution >= 0.6 is 0 Å². The Hall–Kier alpha value is -1.61. The lowest BCUT2D eigenvalue weighted by Crippen LogP contribution is -2.49. The minimum atomic E-state index is -0.664. The minimum absolute atomic E-state index is 0.0205. The molecule has 2 atom stereocenters. The SMILES string of the molecule is CCC(C)(CO)NCC(O)COc1ccc(C#N)cc1. The molecule has 0 saturated carbocycles. The van der Waals surface area contributed by atoms with E-state index in [4.69, 9.17) is 10.00 Å². The first-order valence-corrected chi connectivity index (χ1v) is 6.70. The molecule has 5 nitrogen and oxygen atoms in total. The summed E-state index contributed by atoms with van der Waals surface area (Å²) in [6, 6.07) is 8.76. The molecule has 0 fully saturated rings. The molecule has 20 heavy (non-hydrogen) atoms. The van der Waals surface area contributed by atoms with Gasteiger partial charge >= 0.3 is 0 Å². The summed E-state index contributed by atoms with van der Waals surface area (Å²) in [5.74, 6) is 0.614. The van der Waals surface area contributed by atoms with Crippen molar-refractivity contribution in [1.82, 2.24) is 5.32 Å². The molecule has 0 aliphatic rings. The largest absolute Gasteiger partial charge is 0.491 e. The van der Waals surface area contributed by atoms with Gasteiger partial charge in [0, 0.05) is 12.1 Å². The third kappa shape index (κ3) is 5.17. The molecule has 1 aromatic carbocycles. The summed E-state index contributed by atoms with van der Waals surface area (Å²) < 4.78 is 5.44. The van der Waals surface area contributed by atoms with Crippen LogP contribution in [0.1, 0.15) is 25.8 Å². The molecule has 110 valence electrons. The summed E-state index contributed by atoms with van der Waals surface area (Å²) >= 11 is 0. The Bertz CT molecular complexity index is 435. The summed E-state index contributed by atoms with van der Waals surface area (Å²) in [4.78, 5) is 0. The van der Waals surface area contributed by atoms with E-state index >= 15 is 0 Å². The van der Waals surface area contributed by atoms with Crippen LogP contribution in [0.2, 0.25) is 0 Å². The highest BCUT2D eigenvalue weighted by Gasteiger charge is 2.21. The molecule has 0 aliphatic heterocycles. The fourth-order valence-corrected chi connectivity index (χ4v) is 1.53. The van der Waals surface area contributed by atoms with E-state index in [1.165, 1.54) is 0 Å². The van der Waals surface area contributed by atoms with Crippen LogP contribution in [0.3, 0.4) is 0 Å². The minimum Gasteiger partial charge on any atom is -0.491 e. The van der Waals surface area contributed by atoms with Crippen molar-refractivity contribution in [1.29, 1.82) is 5.26 Å². The molecular weight excluding hydrogens is 256 g/mol. The second-order valence-electron chi connectivity index (χ2n) is 5.05. The lowest BCUT2D eigenvalue weighted by Gasteiger charge is -2.28. The predicted octanol–water partition coefficient (Wildman–Crippen LogP) is 1.05. The van der Waals surface area contributed by atoms with Crippen LogP contribution in [-0.4, -0.2) is 41.6 Å². The zero-order valence-electron chi connectivity index (χ0n) is 12.0. The van der Waals surface area contributed by atoms with Crippen LogP contribution in [0.5, 0.6) is 5.75 Å². The van der Waals surface area contributed by atoms with Crippen molar-refractivity contribution in [2.75, 3.05) is 19.8 Å². The van der Waals surface area contributed by atoms with E-state index < -0.39 is 6.10 Å². The third-order valence-electron chi connectivity index (χ3n) is 3.32. The number of nitrogens with one attached hydrogen (secondary N) is 1. The third-order valence-corrected chi connectivity index (χ3v) is 3.32. The van der Waals surface area contributed by atoms with E-state index in [9.17, 15) is 10.2 Å². The van der Waals surface area contributed by atoms with Gasteiger partial charge in [-0.05, 0) is 37.6 Å². The summed E-state index contributed by atoms with van der Waals surface area (Å²) in [5, 5.41) is 30.9. The molecule has 0 aromatic heterocycles. The van der Waals surface area contributed by atoms with Crippen LogP contribution in [0.15, 0.2) is 24.3 Å². The van der Waals surface area contributed by atoms with Gasteiger partial charge in [0.25, 0.3) is 0 Å². The number of benzene rings is 1. The predicted molar refractivity (Wildman–Crippen MR) is 76.4 cm³/mol. The van der Waals surface area contributed by atoms with Gasteiger partial charge in [-0.15, -0.1) is 0 Å². The molecule has 3 N–H and O–H groups in total. The van der Waals surface area contributed by atoms with Gasteiger partial charge in [0.2, 0.25) is 0 Å². The highest BCUT2D eigenvalue weighted by Crippen LogP contribution is 2.12. The zero-order valence-corrected chi connectivity index (χ0v) is 12.0. The van der Waals surface area contributed by atoms with Gasteiger partial charge in [0.1, 0.15) is 18.5 Å². The number of hydrogen-bond donors (Lipinski definition) is 3. The molecule has 2 unspecified atom stereocenters. The average Bonchev–Trinajstić information content (AvgIpc) is 2.51. The number of nitrogens with zero attached hydrogens (tertiary/aromatic N) is 1. The van der Waals surface area contributed by atoms with Crippen LogP contribution in [0.4, 0.5) is 0 Å². The standard InChI is InChI=1S/C15H22N2O3/c1-3-15(2,11-18)17-9-13(19)10-20-14-6-4-12(8-16)5-7-14/h4-7,13,17-19H,3,9-11H2,1-2H3. The summed E-state index contributed by atoms with van der Waals surface area (Å²) in [6.07, 6.45) is 0.107. The molecule has 0 radical (unpaired) electrons. The first-order valence-electron chi connectivity index (χ1n) is 6.70. The monoisotopic (exact) mass is 278 g/mol. The maximum atomic E-state index is 9.84. The van der Waals surface area contributed by atoms with Gasteiger partial charge in [-0.25, -0.2) is 0 Å². The van der Waals surface area contributed by atoms with Crippen molar-refractivity contribution < 1.29 is 14.9 Å². The number of β-amino-alcohol motifs (C(OH)–C–C–N with tert-alkyl or cyclic N) is 1. The van der Waals surface area contributed by atoms with Gasteiger partial charge < -0.3 is 20.3 Å². The zero-order chi connectivity index (χ0) is 15.0. The van der Waals surface area contributed by atoms with Crippen LogP contribution in [0, 0.1) is 11.3 Å². The molecule has 0 heterocycles. The highest BCUT2D eigenvalue weighted by molar-refractivity contribution is 5.34. The van der Waals surface area contributed by atoms with Crippen LogP contribution in [-0.2, 0) is 0 Å². The van der Waals surface area contributed by atoms with E-state index in [0.29, 0.717) is 17.9 Å². The summed E-state index contributed by atoms with van der Waals surface area (Å²) in [5.41, 5.74) is 0.191. The Kier molecular flexibility index (Phi) is 6.46. The quantitative estimate of drug-likeness (QED) is 0.662.